The maximum atomic E-state index is 12.0. The lowest BCUT2D eigenvalue weighted by Crippen LogP contribution is -2.42. The van der Waals surface area contributed by atoms with Gasteiger partial charge in [0.25, 0.3) is 0 Å². The van der Waals surface area contributed by atoms with Gasteiger partial charge in [-0.15, -0.1) is 0 Å². The second kappa shape index (κ2) is 7.02. The lowest BCUT2D eigenvalue weighted by Gasteiger charge is -2.33. The third kappa shape index (κ3) is 4.41. The minimum Gasteiger partial charge on any atom is -0.396 e. The minimum absolute atomic E-state index is 0.0509. The van der Waals surface area contributed by atoms with Crippen LogP contribution in [0.4, 0.5) is 0 Å². The Kier molecular flexibility index (Phi) is 5.62. The summed E-state index contributed by atoms with van der Waals surface area (Å²) >= 11 is 0. The molecule has 0 aromatic carbocycles. The number of aliphatic hydroxyl groups is 1. The zero-order chi connectivity index (χ0) is 13.7. The third-order valence-electron chi connectivity index (χ3n) is 4.24. The molecule has 0 saturated carbocycles. The predicted molar refractivity (Wildman–Crippen MR) is 75.5 cm³/mol. The first-order valence-electron chi connectivity index (χ1n) is 7.43. The van der Waals surface area contributed by atoms with Gasteiger partial charge in [0.1, 0.15) is 0 Å². The van der Waals surface area contributed by atoms with Crippen molar-refractivity contribution in [3.8, 4) is 0 Å². The molecule has 112 valence electrons. The Morgan fingerprint density at radius 3 is 2.26 bits per heavy atom. The zero-order valence-electron chi connectivity index (χ0n) is 11.6. The molecule has 2 aliphatic rings. The molecule has 0 aromatic heterocycles. The molecule has 0 amide bonds. The Morgan fingerprint density at radius 2 is 1.68 bits per heavy atom. The van der Waals surface area contributed by atoms with Crippen LogP contribution in [0, 0.1) is 5.92 Å². The van der Waals surface area contributed by atoms with Gasteiger partial charge in [0.05, 0.1) is 5.75 Å². The molecule has 0 atom stereocenters. The molecule has 5 nitrogen and oxygen atoms in total. The van der Waals surface area contributed by atoms with Crippen molar-refractivity contribution in [3.63, 3.8) is 0 Å². The first-order valence-corrected chi connectivity index (χ1v) is 9.04. The molecule has 1 N–H and O–H groups in total. The average molecular weight is 290 g/mol. The molecule has 0 aromatic rings. The van der Waals surface area contributed by atoms with Crippen molar-refractivity contribution in [2.24, 2.45) is 5.92 Å². The lowest BCUT2D eigenvalue weighted by atomic mass is 9.98. The summed E-state index contributed by atoms with van der Waals surface area (Å²) in [4.78, 5) is 2.51. The molecule has 2 saturated heterocycles. The monoisotopic (exact) mass is 290 g/mol. The number of hydrogen-bond acceptors (Lipinski definition) is 4. The van der Waals surface area contributed by atoms with Crippen LogP contribution in [0.1, 0.15) is 32.1 Å². The standard InChI is InChI=1S/C13H26N2O3S/c16-10-3-11-19(17,18)15-8-4-13(5-9-15)12-14-6-1-2-7-14/h13,16H,1-12H2. The van der Waals surface area contributed by atoms with Crippen LogP contribution in [0.3, 0.4) is 0 Å². The Balaban J connectivity index is 1.75. The second-order valence-corrected chi connectivity index (χ2v) is 7.83. The number of piperidine rings is 1. The van der Waals surface area contributed by atoms with Crippen molar-refractivity contribution in [2.75, 3.05) is 45.1 Å². The molecule has 0 aliphatic carbocycles. The molecule has 2 aliphatic heterocycles. The van der Waals surface area contributed by atoms with E-state index >= 15 is 0 Å². The van der Waals surface area contributed by atoms with Gasteiger partial charge in [0.15, 0.2) is 0 Å². The highest BCUT2D eigenvalue weighted by molar-refractivity contribution is 7.89. The van der Waals surface area contributed by atoms with E-state index in [4.69, 9.17) is 5.11 Å². The number of nitrogens with zero attached hydrogens (tertiary/aromatic N) is 2. The third-order valence-corrected chi connectivity index (χ3v) is 6.20. The first-order chi connectivity index (χ1) is 9.12. The molecule has 2 heterocycles. The molecule has 0 bridgehead atoms. The van der Waals surface area contributed by atoms with Crippen molar-refractivity contribution < 1.29 is 13.5 Å². The quantitative estimate of drug-likeness (QED) is 0.774. The summed E-state index contributed by atoms with van der Waals surface area (Å²) in [6, 6.07) is 0. The first kappa shape index (κ1) is 15.2. The summed E-state index contributed by atoms with van der Waals surface area (Å²) in [5.74, 6) is 0.739. The lowest BCUT2D eigenvalue weighted by molar-refractivity contribution is 0.205. The van der Waals surface area contributed by atoms with Gasteiger partial charge in [-0.3, -0.25) is 0 Å². The summed E-state index contributed by atoms with van der Waals surface area (Å²) in [7, 11) is -3.14. The van der Waals surface area contributed by atoms with E-state index in [9.17, 15) is 8.42 Å². The minimum atomic E-state index is -3.14. The molecular weight excluding hydrogens is 264 g/mol. The van der Waals surface area contributed by atoms with Gasteiger partial charge >= 0.3 is 0 Å². The van der Waals surface area contributed by atoms with E-state index in [2.05, 4.69) is 4.90 Å². The van der Waals surface area contributed by atoms with Crippen molar-refractivity contribution >= 4 is 10.0 Å². The summed E-state index contributed by atoms with van der Waals surface area (Å²) < 4.78 is 25.6. The van der Waals surface area contributed by atoms with Gasteiger partial charge in [-0.25, -0.2) is 12.7 Å². The fraction of sp³-hybridized carbons (Fsp3) is 1.00. The average Bonchev–Trinajstić information content (AvgIpc) is 2.90. The van der Waals surface area contributed by atoms with E-state index in [1.807, 2.05) is 0 Å². The van der Waals surface area contributed by atoms with Crippen LogP contribution >= 0.6 is 0 Å². The Labute approximate surface area is 116 Å². The van der Waals surface area contributed by atoms with Crippen molar-refractivity contribution in [3.05, 3.63) is 0 Å². The largest absolute Gasteiger partial charge is 0.396 e. The van der Waals surface area contributed by atoms with Crippen LogP contribution in [0.15, 0.2) is 0 Å². The number of aliphatic hydroxyl groups excluding tert-OH is 1. The van der Waals surface area contributed by atoms with Crippen LogP contribution < -0.4 is 0 Å². The molecule has 6 heteroatoms. The SMILES string of the molecule is O=S(=O)(CCCO)N1CCC(CN2CCCC2)CC1. The van der Waals surface area contributed by atoms with E-state index in [-0.39, 0.29) is 12.4 Å². The molecule has 2 rings (SSSR count). The van der Waals surface area contributed by atoms with Crippen molar-refractivity contribution in [1.29, 1.82) is 0 Å². The maximum absolute atomic E-state index is 12.0. The summed E-state index contributed by atoms with van der Waals surface area (Å²) in [5.41, 5.74) is 0. The molecule has 0 radical (unpaired) electrons. The van der Waals surface area contributed by atoms with Gasteiger partial charge < -0.3 is 10.0 Å². The molecule has 19 heavy (non-hydrogen) atoms. The summed E-state index contributed by atoms with van der Waals surface area (Å²) in [5, 5.41) is 8.74. The van der Waals surface area contributed by atoms with Crippen LogP contribution in [0.5, 0.6) is 0 Å². The maximum Gasteiger partial charge on any atom is 0.214 e. The van der Waals surface area contributed by atoms with Gasteiger partial charge in [-0.05, 0) is 51.1 Å². The van der Waals surface area contributed by atoms with Crippen LogP contribution in [0.25, 0.3) is 0 Å². The van der Waals surface area contributed by atoms with Gasteiger partial charge in [0.2, 0.25) is 10.0 Å². The van der Waals surface area contributed by atoms with Gasteiger partial charge in [0, 0.05) is 26.2 Å². The topological polar surface area (TPSA) is 60.9 Å². The second-order valence-electron chi connectivity index (χ2n) is 5.74. The summed E-state index contributed by atoms with van der Waals surface area (Å²) in [6.07, 6.45) is 4.93. The molecule has 0 unspecified atom stereocenters. The Bertz CT molecular complexity index is 358. The van der Waals surface area contributed by atoms with E-state index < -0.39 is 10.0 Å². The van der Waals surface area contributed by atoms with Crippen LogP contribution in [-0.2, 0) is 10.0 Å². The van der Waals surface area contributed by atoms with Gasteiger partial charge in [-0.1, -0.05) is 0 Å². The normalized spacial score (nSPS) is 24.1. The van der Waals surface area contributed by atoms with E-state index in [1.54, 1.807) is 4.31 Å². The number of sulfonamides is 1. The van der Waals surface area contributed by atoms with Crippen LogP contribution in [0.2, 0.25) is 0 Å². The number of rotatable bonds is 6. The zero-order valence-corrected chi connectivity index (χ0v) is 12.4. The smallest absolute Gasteiger partial charge is 0.214 e. The van der Waals surface area contributed by atoms with E-state index in [0.29, 0.717) is 25.4 Å². The Hall–Kier alpha value is -0.170. The van der Waals surface area contributed by atoms with Crippen LogP contribution in [-0.4, -0.2) is 67.8 Å². The molecular formula is C13H26N2O3S. The van der Waals surface area contributed by atoms with Crippen molar-refractivity contribution in [2.45, 2.75) is 32.1 Å². The highest BCUT2D eigenvalue weighted by Gasteiger charge is 2.28. The van der Waals surface area contributed by atoms with E-state index in [0.717, 1.165) is 19.4 Å². The number of likely N-dealkylation sites (tertiary alicyclic amines) is 1. The Morgan fingerprint density at radius 1 is 1.05 bits per heavy atom. The predicted octanol–water partition coefficient (Wildman–Crippen LogP) is 0.506. The van der Waals surface area contributed by atoms with E-state index in [1.165, 1.54) is 25.9 Å². The highest BCUT2D eigenvalue weighted by atomic mass is 32.2. The van der Waals surface area contributed by atoms with Gasteiger partial charge in [-0.2, -0.15) is 0 Å². The molecule has 0 spiro atoms. The molecule has 2 fully saturated rings. The fourth-order valence-corrected chi connectivity index (χ4v) is 4.60. The fourth-order valence-electron chi connectivity index (χ4n) is 3.08. The van der Waals surface area contributed by atoms with Crippen molar-refractivity contribution in [1.82, 2.24) is 9.21 Å². The number of hydrogen-bond donors (Lipinski definition) is 1. The highest BCUT2D eigenvalue weighted by Crippen LogP contribution is 2.22. The summed E-state index contributed by atoms with van der Waals surface area (Å²) in [6.45, 7) is 4.84.